The SMILES string of the molecule is Cc1cc(C)c(CC(O)Cc2ccccn2)c(C)c1. The molecule has 19 heavy (non-hydrogen) atoms. The summed E-state index contributed by atoms with van der Waals surface area (Å²) in [6.45, 7) is 6.33. The summed E-state index contributed by atoms with van der Waals surface area (Å²) < 4.78 is 0. The molecule has 1 N–H and O–H groups in total. The molecule has 1 unspecified atom stereocenters. The van der Waals surface area contributed by atoms with E-state index in [0.717, 1.165) is 5.69 Å². The van der Waals surface area contributed by atoms with Crippen molar-refractivity contribution in [3.8, 4) is 0 Å². The molecule has 0 aliphatic rings. The van der Waals surface area contributed by atoms with E-state index in [4.69, 9.17) is 0 Å². The zero-order valence-corrected chi connectivity index (χ0v) is 11.9. The van der Waals surface area contributed by atoms with Crippen LogP contribution in [-0.2, 0) is 12.8 Å². The summed E-state index contributed by atoms with van der Waals surface area (Å²) in [7, 11) is 0. The fraction of sp³-hybridized carbons (Fsp3) is 0.353. The first-order chi connectivity index (χ1) is 9.06. The van der Waals surface area contributed by atoms with Gasteiger partial charge in [-0.05, 0) is 56.0 Å². The van der Waals surface area contributed by atoms with Crippen molar-refractivity contribution >= 4 is 0 Å². The van der Waals surface area contributed by atoms with Crippen LogP contribution >= 0.6 is 0 Å². The van der Waals surface area contributed by atoms with Gasteiger partial charge < -0.3 is 5.11 Å². The number of rotatable bonds is 4. The summed E-state index contributed by atoms with van der Waals surface area (Å²) in [4.78, 5) is 4.26. The van der Waals surface area contributed by atoms with Gasteiger partial charge in [-0.3, -0.25) is 4.98 Å². The van der Waals surface area contributed by atoms with Crippen LogP contribution in [-0.4, -0.2) is 16.2 Å². The number of nitrogens with zero attached hydrogens (tertiary/aromatic N) is 1. The van der Waals surface area contributed by atoms with Crippen molar-refractivity contribution in [3.05, 3.63) is 64.5 Å². The van der Waals surface area contributed by atoms with Crippen LogP contribution in [0.25, 0.3) is 0 Å². The maximum Gasteiger partial charge on any atom is 0.0636 e. The van der Waals surface area contributed by atoms with Crippen LogP contribution < -0.4 is 0 Å². The molecule has 1 heterocycles. The van der Waals surface area contributed by atoms with Gasteiger partial charge in [0.15, 0.2) is 0 Å². The second kappa shape index (κ2) is 5.98. The molecule has 100 valence electrons. The fourth-order valence-corrected chi connectivity index (χ4v) is 2.60. The van der Waals surface area contributed by atoms with Gasteiger partial charge >= 0.3 is 0 Å². The van der Waals surface area contributed by atoms with Gasteiger partial charge in [0.2, 0.25) is 0 Å². The number of benzene rings is 1. The first-order valence-electron chi connectivity index (χ1n) is 6.71. The smallest absolute Gasteiger partial charge is 0.0636 e. The van der Waals surface area contributed by atoms with E-state index in [1.54, 1.807) is 6.20 Å². The second-order valence-corrected chi connectivity index (χ2v) is 5.26. The molecule has 1 atom stereocenters. The van der Waals surface area contributed by atoms with Gasteiger partial charge in [-0.1, -0.05) is 23.8 Å². The number of hydrogen-bond acceptors (Lipinski definition) is 2. The molecule has 0 spiro atoms. The summed E-state index contributed by atoms with van der Waals surface area (Å²) >= 11 is 0. The maximum absolute atomic E-state index is 10.2. The Kier molecular flexibility index (Phi) is 4.33. The van der Waals surface area contributed by atoms with Gasteiger partial charge in [-0.2, -0.15) is 0 Å². The van der Waals surface area contributed by atoms with Crippen molar-refractivity contribution in [1.29, 1.82) is 0 Å². The number of aryl methyl sites for hydroxylation is 3. The number of aliphatic hydroxyl groups is 1. The topological polar surface area (TPSA) is 33.1 Å². The molecular weight excluding hydrogens is 234 g/mol. The Labute approximate surface area is 115 Å². The molecule has 1 aromatic heterocycles. The molecule has 0 amide bonds. The average Bonchev–Trinajstić information content (AvgIpc) is 2.35. The van der Waals surface area contributed by atoms with Gasteiger partial charge in [0.05, 0.1) is 6.10 Å². The van der Waals surface area contributed by atoms with Gasteiger partial charge in [-0.15, -0.1) is 0 Å². The molecule has 0 bridgehead atoms. The lowest BCUT2D eigenvalue weighted by molar-refractivity contribution is 0.174. The van der Waals surface area contributed by atoms with Crippen LogP contribution in [0.1, 0.15) is 27.9 Å². The summed E-state index contributed by atoms with van der Waals surface area (Å²) in [6.07, 6.45) is 2.68. The highest BCUT2D eigenvalue weighted by atomic mass is 16.3. The van der Waals surface area contributed by atoms with Crippen molar-refractivity contribution < 1.29 is 5.11 Å². The highest BCUT2D eigenvalue weighted by Crippen LogP contribution is 2.19. The van der Waals surface area contributed by atoms with E-state index in [2.05, 4.69) is 37.9 Å². The van der Waals surface area contributed by atoms with Crippen LogP contribution in [0, 0.1) is 20.8 Å². The Morgan fingerprint density at radius 1 is 1.05 bits per heavy atom. The summed E-state index contributed by atoms with van der Waals surface area (Å²) in [5, 5.41) is 10.2. The predicted molar refractivity (Wildman–Crippen MR) is 78.3 cm³/mol. The lowest BCUT2D eigenvalue weighted by Crippen LogP contribution is -2.16. The second-order valence-electron chi connectivity index (χ2n) is 5.26. The standard InChI is InChI=1S/C17H21NO/c1-12-8-13(2)17(14(3)9-12)11-16(19)10-15-6-4-5-7-18-15/h4-9,16,19H,10-11H2,1-3H3. The van der Waals surface area contributed by atoms with Crippen LogP contribution in [0.3, 0.4) is 0 Å². The summed E-state index contributed by atoms with van der Waals surface area (Å²) in [5.41, 5.74) is 6.00. The Balaban J connectivity index is 2.09. The van der Waals surface area contributed by atoms with Crippen molar-refractivity contribution in [2.24, 2.45) is 0 Å². The van der Waals surface area contributed by atoms with Crippen LogP contribution in [0.15, 0.2) is 36.5 Å². The third-order valence-corrected chi connectivity index (χ3v) is 3.45. The number of aliphatic hydroxyl groups excluding tert-OH is 1. The molecule has 0 saturated heterocycles. The van der Waals surface area contributed by atoms with Crippen molar-refractivity contribution in [2.45, 2.75) is 39.7 Å². The molecule has 0 aliphatic heterocycles. The highest BCUT2D eigenvalue weighted by Gasteiger charge is 2.11. The maximum atomic E-state index is 10.2. The van der Waals surface area contributed by atoms with Crippen molar-refractivity contribution in [2.75, 3.05) is 0 Å². The Morgan fingerprint density at radius 3 is 2.32 bits per heavy atom. The van der Waals surface area contributed by atoms with E-state index in [0.29, 0.717) is 12.8 Å². The van der Waals surface area contributed by atoms with E-state index < -0.39 is 0 Å². The Morgan fingerprint density at radius 2 is 1.74 bits per heavy atom. The lowest BCUT2D eigenvalue weighted by atomic mass is 9.94. The molecule has 0 aliphatic carbocycles. The van der Waals surface area contributed by atoms with Gasteiger partial charge in [0.1, 0.15) is 0 Å². The molecule has 1 aromatic carbocycles. The molecule has 0 saturated carbocycles. The van der Waals surface area contributed by atoms with Gasteiger partial charge in [0, 0.05) is 18.3 Å². The van der Waals surface area contributed by atoms with Crippen molar-refractivity contribution in [3.63, 3.8) is 0 Å². The minimum atomic E-state index is -0.380. The molecule has 2 heteroatoms. The average molecular weight is 255 g/mol. The van der Waals surface area contributed by atoms with Crippen LogP contribution in [0.2, 0.25) is 0 Å². The fourth-order valence-electron chi connectivity index (χ4n) is 2.60. The van der Waals surface area contributed by atoms with E-state index in [1.165, 1.54) is 22.3 Å². The molecule has 0 radical (unpaired) electrons. The highest BCUT2D eigenvalue weighted by molar-refractivity contribution is 5.38. The molecule has 0 fully saturated rings. The minimum absolute atomic E-state index is 0.380. The minimum Gasteiger partial charge on any atom is -0.392 e. The van der Waals surface area contributed by atoms with Crippen molar-refractivity contribution in [1.82, 2.24) is 4.98 Å². The first kappa shape index (κ1) is 13.8. The predicted octanol–water partition coefficient (Wildman–Crippen LogP) is 3.15. The van der Waals surface area contributed by atoms with Crippen LogP contribution in [0.5, 0.6) is 0 Å². The summed E-state index contributed by atoms with van der Waals surface area (Å²) in [6, 6.07) is 10.2. The molecular formula is C17H21NO. The lowest BCUT2D eigenvalue weighted by Gasteiger charge is -2.15. The monoisotopic (exact) mass is 255 g/mol. The number of pyridine rings is 1. The normalized spacial score (nSPS) is 12.4. The Hall–Kier alpha value is -1.67. The van der Waals surface area contributed by atoms with E-state index in [9.17, 15) is 5.11 Å². The third kappa shape index (κ3) is 3.65. The molecule has 2 rings (SSSR count). The molecule has 2 aromatic rings. The summed E-state index contributed by atoms with van der Waals surface area (Å²) in [5.74, 6) is 0. The number of hydrogen-bond donors (Lipinski definition) is 1. The van der Waals surface area contributed by atoms with E-state index in [1.807, 2.05) is 18.2 Å². The largest absolute Gasteiger partial charge is 0.392 e. The third-order valence-electron chi connectivity index (χ3n) is 3.45. The zero-order valence-electron chi connectivity index (χ0n) is 11.9. The van der Waals surface area contributed by atoms with E-state index in [-0.39, 0.29) is 6.10 Å². The van der Waals surface area contributed by atoms with Gasteiger partial charge in [-0.25, -0.2) is 0 Å². The Bertz CT molecular complexity index is 525. The van der Waals surface area contributed by atoms with Gasteiger partial charge in [0.25, 0.3) is 0 Å². The zero-order chi connectivity index (χ0) is 13.8. The van der Waals surface area contributed by atoms with Crippen LogP contribution in [0.4, 0.5) is 0 Å². The van der Waals surface area contributed by atoms with E-state index >= 15 is 0 Å². The molecule has 2 nitrogen and oxygen atoms in total. The first-order valence-corrected chi connectivity index (χ1v) is 6.71. The number of aromatic nitrogens is 1. The quantitative estimate of drug-likeness (QED) is 0.910.